The van der Waals surface area contributed by atoms with E-state index < -0.39 is 4.87 Å². The highest BCUT2D eigenvalue weighted by atomic mass is 35.5. The van der Waals surface area contributed by atoms with Gasteiger partial charge in [0.2, 0.25) is 0 Å². The predicted octanol–water partition coefficient (Wildman–Crippen LogP) is 5.63. The number of nitrogens with zero attached hydrogens (tertiary/aromatic N) is 2. The fourth-order valence-electron chi connectivity index (χ4n) is 4.44. The van der Waals surface area contributed by atoms with Gasteiger partial charge in [-0.25, -0.2) is 4.79 Å². The maximum Gasteiger partial charge on any atom is 0.323 e. The lowest BCUT2D eigenvalue weighted by Crippen LogP contribution is -2.51. The minimum absolute atomic E-state index is 0.111. The maximum atomic E-state index is 14.0. The van der Waals surface area contributed by atoms with Gasteiger partial charge >= 0.3 is 6.03 Å². The van der Waals surface area contributed by atoms with Crippen molar-refractivity contribution in [1.29, 1.82) is 0 Å². The molecule has 0 radical (unpaired) electrons. The van der Waals surface area contributed by atoms with Gasteiger partial charge < -0.3 is 10.2 Å². The molecule has 2 aliphatic heterocycles. The molecule has 32 heavy (non-hydrogen) atoms. The Hall–Kier alpha value is -2.96. The maximum absolute atomic E-state index is 14.0. The van der Waals surface area contributed by atoms with Crippen LogP contribution in [0.1, 0.15) is 16.7 Å². The molecule has 3 aromatic rings. The first-order valence-electron chi connectivity index (χ1n) is 10.4. The fourth-order valence-corrected chi connectivity index (χ4v) is 6.09. The van der Waals surface area contributed by atoms with Crippen LogP contribution < -0.4 is 10.2 Å². The van der Waals surface area contributed by atoms with E-state index in [1.807, 2.05) is 79.7 Å². The summed E-state index contributed by atoms with van der Waals surface area (Å²) < 4.78 is 0. The van der Waals surface area contributed by atoms with Gasteiger partial charge in [0.15, 0.2) is 4.87 Å². The number of benzene rings is 3. The summed E-state index contributed by atoms with van der Waals surface area (Å²) in [5, 5.41) is 3.60. The van der Waals surface area contributed by atoms with Crippen molar-refractivity contribution >= 4 is 46.7 Å². The topological polar surface area (TPSA) is 52.7 Å². The van der Waals surface area contributed by atoms with Crippen LogP contribution in [-0.4, -0.2) is 29.1 Å². The Kier molecular flexibility index (Phi) is 5.35. The fraction of sp³-hybridized carbons (Fsp3) is 0.200. The van der Waals surface area contributed by atoms with Gasteiger partial charge in [0.05, 0.1) is 12.2 Å². The van der Waals surface area contributed by atoms with Crippen LogP contribution in [0, 0.1) is 6.92 Å². The van der Waals surface area contributed by atoms with E-state index in [-0.39, 0.29) is 11.9 Å². The number of fused-ring (bicyclic) bond motifs is 2. The van der Waals surface area contributed by atoms with Crippen LogP contribution in [0.25, 0.3) is 0 Å². The molecule has 162 valence electrons. The number of urea groups is 1. The minimum Gasteiger partial charge on any atom is -0.308 e. The lowest BCUT2D eigenvalue weighted by atomic mass is 10.1. The summed E-state index contributed by atoms with van der Waals surface area (Å²) >= 11 is 7.91. The first kappa shape index (κ1) is 20.9. The van der Waals surface area contributed by atoms with E-state index in [1.165, 1.54) is 11.8 Å². The Morgan fingerprint density at radius 2 is 1.88 bits per heavy atom. The third-order valence-electron chi connectivity index (χ3n) is 5.90. The van der Waals surface area contributed by atoms with E-state index in [0.29, 0.717) is 29.6 Å². The molecule has 3 aromatic carbocycles. The smallest absolute Gasteiger partial charge is 0.308 e. The lowest BCUT2D eigenvalue weighted by Gasteiger charge is -2.33. The molecule has 0 saturated carbocycles. The second kappa shape index (κ2) is 8.19. The van der Waals surface area contributed by atoms with Gasteiger partial charge in [-0.1, -0.05) is 60.1 Å². The molecule has 1 N–H and O–H groups in total. The zero-order chi connectivity index (χ0) is 22.3. The molecule has 1 fully saturated rings. The molecular weight excluding hydrogens is 442 g/mol. The molecule has 0 bridgehead atoms. The highest BCUT2D eigenvalue weighted by Crippen LogP contribution is 2.54. The minimum atomic E-state index is -1.08. The van der Waals surface area contributed by atoms with Gasteiger partial charge in [0, 0.05) is 28.6 Å². The highest BCUT2D eigenvalue weighted by Gasteiger charge is 2.59. The van der Waals surface area contributed by atoms with Crippen LogP contribution in [0.2, 0.25) is 5.02 Å². The Bertz CT molecular complexity index is 1220. The van der Waals surface area contributed by atoms with Crippen LogP contribution >= 0.6 is 23.4 Å². The Morgan fingerprint density at radius 1 is 1.09 bits per heavy atom. The number of hydrogen-bond donors (Lipinski definition) is 1. The van der Waals surface area contributed by atoms with Gasteiger partial charge in [-0.05, 0) is 42.3 Å². The van der Waals surface area contributed by atoms with E-state index in [0.717, 1.165) is 22.4 Å². The molecule has 2 aliphatic rings. The summed E-state index contributed by atoms with van der Waals surface area (Å²) in [5.74, 6) is 0.571. The number of para-hydroxylation sites is 1. The average Bonchev–Trinajstić information content (AvgIpc) is 3.33. The molecule has 1 spiro atoms. The third-order valence-corrected chi connectivity index (χ3v) is 7.69. The number of hydrogen-bond acceptors (Lipinski definition) is 3. The zero-order valence-electron chi connectivity index (χ0n) is 17.5. The van der Waals surface area contributed by atoms with E-state index in [4.69, 9.17) is 11.6 Å². The molecule has 0 aromatic heterocycles. The Labute approximate surface area is 196 Å². The molecule has 0 aliphatic carbocycles. The van der Waals surface area contributed by atoms with Crippen molar-refractivity contribution in [2.24, 2.45) is 0 Å². The van der Waals surface area contributed by atoms with E-state index >= 15 is 0 Å². The molecule has 1 unspecified atom stereocenters. The van der Waals surface area contributed by atoms with Crippen molar-refractivity contribution < 1.29 is 9.59 Å². The summed E-state index contributed by atoms with van der Waals surface area (Å²) in [6.07, 6.45) is 0. The van der Waals surface area contributed by atoms with Crippen LogP contribution in [0.3, 0.4) is 0 Å². The Morgan fingerprint density at radius 3 is 2.69 bits per heavy atom. The van der Waals surface area contributed by atoms with Crippen LogP contribution in [0.4, 0.5) is 16.2 Å². The van der Waals surface area contributed by atoms with Crippen LogP contribution in [-0.2, 0) is 16.2 Å². The summed E-state index contributed by atoms with van der Waals surface area (Å²) in [6, 6.07) is 22.6. The van der Waals surface area contributed by atoms with Crippen molar-refractivity contribution in [3.63, 3.8) is 0 Å². The van der Waals surface area contributed by atoms with Crippen molar-refractivity contribution in [1.82, 2.24) is 4.90 Å². The SMILES string of the molecule is Cc1cccc(NC(=O)N2CCSC23C(=O)N(Cc2ccccc2Cl)c2ccccc23)c1. The number of carbonyl (C=O) groups is 2. The van der Waals surface area contributed by atoms with Crippen molar-refractivity contribution in [2.45, 2.75) is 18.3 Å². The number of carbonyl (C=O) groups excluding carboxylic acids is 2. The summed E-state index contributed by atoms with van der Waals surface area (Å²) in [5.41, 5.74) is 4.31. The summed E-state index contributed by atoms with van der Waals surface area (Å²) in [6.45, 7) is 2.82. The third kappa shape index (κ3) is 3.34. The van der Waals surface area contributed by atoms with Gasteiger partial charge in [-0.15, -0.1) is 11.8 Å². The first-order chi connectivity index (χ1) is 15.5. The summed E-state index contributed by atoms with van der Waals surface area (Å²) in [4.78, 5) is 29.7. The number of halogens is 1. The summed E-state index contributed by atoms with van der Waals surface area (Å²) in [7, 11) is 0. The van der Waals surface area contributed by atoms with Gasteiger partial charge in [0.25, 0.3) is 5.91 Å². The van der Waals surface area contributed by atoms with E-state index in [9.17, 15) is 9.59 Å². The molecule has 5 nitrogen and oxygen atoms in total. The number of anilines is 2. The lowest BCUT2D eigenvalue weighted by molar-refractivity contribution is -0.123. The first-order valence-corrected chi connectivity index (χ1v) is 11.8. The van der Waals surface area contributed by atoms with Gasteiger partial charge in [0.1, 0.15) is 0 Å². The normalized spacial score (nSPS) is 19.5. The van der Waals surface area contributed by atoms with Crippen LogP contribution in [0.15, 0.2) is 72.8 Å². The monoisotopic (exact) mass is 463 g/mol. The molecule has 1 atom stereocenters. The number of thioether (sulfide) groups is 1. The largest absolute Gasteiger partial charge is 0.323 e. The number of nitrogens with one attached hydrogen (secondary N) is 1. The second-order valence-electron chi connectivity index (χ2n) is 7.94. The quantitative estimate of drug-likeness (QED) is 0.547. The van der Waals surface area contributed by atoms with Gasteiger partial charge in [-0.3, -0.25) is 9.69 Å². The molecule has 5 rings (SSSR count). The number of amides is 3. The Balaban J connectivity index is 1.52. The molecule has 2 heterocycles. The van der Waals surface area contributed by atoms with E-state index in [1.54, 1.807) is 9.80 Å². The number of rotatable bonds is 3. The molecule has 1 saturated heterocycles. The van der Waals surface area contributed by atoms with Gasteiger partial charge in [-0.2, -0.15) is 0 Å². The van der Waals surface area contributed by atoms with E-state index in [2.05, 4.69) is 5.32 Å². The average molecular weight is 464 g/mol. The van der Waals surface area contributed by atoms with Crippen molar-refractivity contribution in [3.05, 3.63) is 94.5 Å². The second-order valence-corrected chi connectivity index (χ2v) is 9.64. The number of aryl methyl sites for hydroxylation is 1. The van der Waals surface area contributed by atoms with Crippen LogP contribution in [0.5, 0.6) is 0 Å². The standard InChI is InChI=1S/C25H22ClN3O2S/c1-17-7-6-9-19(15-17)27-24(31)29-13-14-32-25(29)20-10-3-5-12-22(20)28(23(25)30)16-18-8-2-4-11-21(18)26/h2-12,15H,13-14,16H2,1H3,(H,27,31). The zero-order valence-corrected chi connectivity index (χ0v) is 19.1. The molecule has 3 amide bonds. The highest BCUT2D eigenvalue weighted by molar-refractivity contribution is 8.01. The van der Waals surface area contributed by atoms with Crippen molar-refractivity contribution in [3.8, 4) is 0 Å². The van der Waals surface area contributed by atoms with Crippen molar-refractivity contribution in [2.75, 3.05) is 22.5 Å². The predicted molar refractivity (Wildman–Crippen MR) is 130 cm³/mol. The molecule has 7 heteroatoms. The molecular formula is C25H22ClN3O2S.